The smallest absolute Gasteiger partial charge is 0.0192 e. The highest BCUT2D eigenvalue weighted by atomic mass is 15.0. The summed E-state index contributed by atoms with van der Waals surface area (Å²) < 4.78 is 0. The van der Waals surface area contributed by atoms with Gasteiger partial charge >= 0.3 is 0 Å². The first-order valence-corrected chi connectivity index (χ1v) is 6.88. The highest BCUT2D eigenvalue weighted by molar-refractivity contribution is 5.10. The minimum Gasteiger partial charge on any atom is -0.311 e. The topological polar surface area (TPSA) is 12.0 Å². The molecule has 4 aliphatic rings. The third kappa shape index (κ3) is 1.63. The standard InChI is InChI=1S/C14H25N/c1-3-4-15-14-8-11-5-12(9-14)7-13(2,6-11)10-14/h11-12,15H,3-10H2,1-2H3. The number of hydrogen-bond acceptors (Lipinski definition) is 1. The lowest BCUT2D eigenvalue weighted by Gasteiger charge is -2.61. The van der Waals surface area contributed by atoms with E-state index in [0.717, 1.165) is 11.8 Å². The molecule has 2 atom stereocenters. The molecule has 1 heteroatoms. The van der Waals surface area contributed by atoms with Crippen molar-refractivity contribution in [3.63, 3.8) is 0 Å². The molecule has 0 heterocycles. The van der Waals surface area contributed by atoms with Crippen molar-refractivity contribution in [2.75, 3.05) is 6.54 Å². The summed E-state index contributed by atoms with van der Waals surface area (Å²) in [4.78, 5) is 0. The maximum absolute atomic E-state index is 3.90. The van der Waals surface area contributed by atoms with Crippen molar-refractivity contribution in [1.82, 2.24) is 5.32 Å². The first-order valence-electron chi connectivity index (χ1n) is 6.88. The lowest BCUT2D eigenvalue weighted by Crippen LogP contribution is -2.61. The minimum atomic E-state index is 0.564. The van der Waals surface area contributed by atoms with Crippen molar-refractivity contribution in [2.45, 2.75) is 64.3 Å². The van der Waals surface area contributed by atoms with Crippen molar-refractivity contribution in [1.29, 1.82) is 0 Å². The van der Waals surface area contributed by atoms with Crippen LogP contribution < -0.4 is 5.32 Å². The average Bonchev–Trinajstić information content (AvgIpc) is 2.10. The lowest BCUT2D eigenvalue weighted by atomic mass is 9.47. The fourth-order valence-corrected chi connectivity index (χ4v) is 5.32. The van der Waals surface area contributed by atoms with E-state index in [9.17, 15) is 0 Å². The molecule has 4 saturated carbocycles. The molecule has 0 aliphatic heterocycles. The molecule has 15 heavy (non-hydrogen) atoms. The molecule has 0 aromatic carbocycles. The summed E-state index contributed by atoms with van der Waals surface area (Å²) in [6.45, 7) is 6.07. The second-order valence-corrected chi connectivity index (χ2v) is 6.98. The monoisotopic (exact) mass is 207 g/mol. The van der Waals surface area contributed by atoms with Gasteiger partial charge in [-0.05, 0) is 68.7 Å². The van der Waals surface area contributed by atoms with Gasteiger partial charge in [-0.3, -0.25) is 0 Å². The molecule has 4 aliphatic carbocycles. The van der Waals surface area contributed by atoms with Gasteiger partial charge in [0, 0.05) is 5.54 Å². The molecule has 4 rings (SSSR count). The van der Waals surface area contributed by atoms with Crippen LogP contribution in [0.25, 0.3) is 0 Å². The predicted molar refractivity (Wildman–Crippen MR) is 63.8 cm³/mol. The van der Waals surface area contributed by atoms with Crippen molar-refractivity contribution in [3.05, 3.63) is 0 Å². The van der Waals surface area contributed by atoms with Crippen LogP contribution in [-0.2, 0) is 0 Å². The van der Waals surface area contributed by atoms with Gasteiger partial charge in [-0.2, -0.15) is 0 Å². The Morgan fingerprint density at radius 1 is 1.13 bits per heavy atom. The molecular formula is C14H25N. The molecule has 1 N–H and O–H groups in total. The fraction of sp³-hybridized carbons (Fsp3) is 1.00. The van der Waals surface area contributed by atoms with Crippen LogP contribution in [0.15, 0.2) is 0 Å². The van der Waals surface area contributed by atoms with Gasteiger partial charge in [-0.1, -0.05) is 13.8 Å². The van der Waals surface area contributed by atoms with E-state index < -0.39 is 0 Å². The van der Waals surface area contributed by atoms with E-state index >= 15 is 0 Å². The highest BCUT2D eigenvalue weighted by Gasteiger charge is 2.55. The molecule has 0 amide bonds. The van der Waals surface area contributed by atoms with Gasteiger partial charge < -0.3 is 5.32 Å². The first kappa shape index (κ1) is 10.1. The Morgan fingerprint density at radius 2 is 1.80 bits per heavy atom. The number of hydrogen-bond donors (Lipinski definition) is 1. The predicted octanol–water partition coefficient (Wildman–Crippen LogP) is 3.34. The normalized spacial score (nSPS) is 52.4. The lowest BCUT2D eigenvalue weighted by molar-refractivity contribution is -0.0717. The van der Waals surface area contributed by atoms with Crippen LogP contribution in [0.1, 0.15) is 58.8 Å². The van der Waals surface area contributed by atoms with E-state index in [4.69, 9.17) is 0 Å². The van der Waals surface area contributed by atoms with E-state index in [0.29, 0.717) is 11.0 Å². The molecule has 2 unspecified atom stereocenters. The Balaban J connectivity index is 1.80. The van der Waals surface area contributed by atoms with Crippen LogP contribution in [0.4, 0.5) is 0 Å². The van der Waals surface area contributed by atoms with Crippen LogP contribution in [0.5, 0.6) is 0 Å². The summed E-state index contributed by atoms with van der Waals surface area (Å²) in [6.07, 6.45) is 10.3. The molecule has 0 spiro atoms. The Hall–Kier alpha value is -0.0400. The first-order chi connectivity index (χ1) is 7.13. The maximum Gasteiger partial charge on any atom is 0.0192 e. The van der Waals surface area contributed by atoms with Gasteiger partial charge in [0.1, 0.15) is 0 Å². The SMILES string of the molecule is CCCNC12CC3CC(CC(C)(C3)C1)C2. The zero-order chi connectivity index (χ0) is 10.5. The Morgan fingerprint density at radius 3 is 2.33 bits per heavy atom. The van der Waals surface area contributed by atoms with Gasteiger partial charge in [-0.15, -0.1) is 0 Å². The second-order valence-electron chi connectivity index (χ2n) is 6.98. The zero-order valence-electron chi connectivity index (χ0n) is 10.3. The van der Waals surface area contributed by atoms with Gasteiger partial charge in [0.05, 0.1) is 0 Å². The molecule has 0 radical (unpaired) electrons. The van der Waals surface area contributed by atoms with Crippen LogP contribution in [-0.4, -0.2) is 12.1 Å². The quantitative estimate of drug-likeness (QED) is 0.748. The summed E-state index contributed by atoms with van der Waals surface area (Å²) >= 11 is 0. The van der Waals surface area contributed by atoms with Gasteiger partial charge in [0.15, 0.2) is 0 Å². The summed E-state index contributed by atoms with van der Waals surface area (Å²) in [7, 11) is 0. The van der Waals surface area contributed by atoms with E-state index in [1.807, 2.05) is 0 Å². The van der Waals surface area contributed by atoms with Crippen LogP contribution >= 0.6 is 0 Å². The third-order valence-electron chi connectivity index (χ3n) is 5.10. The molecule has 1 nitrogen and oxygen atoms in total. The Bertz CT molecular complexity index is 244. The van der Waals surface area contributed by atoms with Gasteiger partial charge in [0.25, 0.3) is 0 Å². The molecule has 0 saturated heterocycles. The summed E-state index contributed by atoms with van der Waals surface area (Å²) in [5.41, 5.74) is 1.26. The van der Waals surface area contributed by atoms with Gasteiger partial charge in [0.2, 0.25) is 0 Å². The Kier molecular flexibility index (Phi) is 2.18. The van der Waals surface area contributed by atoms with Crippen molar-refractivity contribution >= 4 is 0 Å². The van der Waals surface area contributed by atoms with E-state index in [-0.39, 0.29) is 0 Å². The molecule has 0 aromatic heterocycles. The minimum absolute atomic E-state index is 0.564. The van der Waals surface area contributed by atoms with Gasteiger partial charge in [-0.25, -0.2) is 0 Å². The zero-order valence-corrected chi connectivity index (χ0v) is 10.3. The summed E-state index contributed by atoms with van der Waals surface area (Å²) in [5, 5.41) is 3.90. The largest absolute Gasteiger partial charge is 0.311 e. The highest BCUT2D eigenvalue weighted by Crippen LogP contribution is 2.61. The third-order valence-corrected chi connectivity index (χ3v) is 5.10. The molecule has 4 bridgehead atoms. The van der Waals surface area contributed by atoms with Crippen molar-refractivity contribution in [2.24, 2.45) is 17.3 Å². The fourth-order valence-electron chi connectivity index (χ4n) is 5.32. The summed E-state index contributed by atoms with van der Waals surface area (Å²) in [6, 6.07) is 0. The van der Waals surface area contributed by atoms with E-state index in [1.54, 1.807) is 6.42 Å². The van der Waals surface area contributed by atoms with Crippen molar-refractivity contribution < 1.29 is 0 Å². The average molecular weight is 207 g/mol. The molecule has 0 aromatic rings. The van der Waals surface area contributed by atoms with Crippen LogP contribution in [0.3, 0.4) is 0 Å². The molecule has 4 fully saturated rings. The Labute approximate surface area is 94.0 Å². The van der Waals surface area contributed by atoms with Crippen molar-refractivity contribution in [3.8, 4) is 0 Å². The number of rotatable bonds is 3. The molecule has 86 valence electrons. The maximum atomic E-state index is 3.90. The number of nitrogens with one attached hydrogen (secondary N) is 1. The molecular weight excluding hydrogens is 182 g/mol. The van der Waals surface area contributed by atoms with Crippen LogP contribution in [0.2, 0.25) is 0 Å². The second kappa shape index (κ2) is 3.23. The van der Waals surface area contributed by atoms with E-state index in [2.05, 4.69) is 19.2 Å². The van der Waals surface area contributed by atoms with Crippen LogP contribution in [0, 0.1) is 17.3 Å². The summed E-state index contributed by atoms with van der Waals surface area (Å²) in [5.74, 6) is 2.11. The van der Waals surface area contributed by atoms with E-state index in [1.165, 1.54) is 45.1 Å².